The van der Waals surface area contributed by atoms with Crippen LogP contribution in [0.1, 0.15) is 5.56 Å². The third-order valence-electron chi connectivity index (χ3n) is 4.07. The summed E-state index contributed by atoms with van der Waals surface area (Å²) >= 11 is 1.39. The third kappa shape index (κ3) is 5.76. The zero-order chi connectivity index (χ0) is 19.8. The number of esters is 1. The molecule has 0 saturated heterocycles. The first-order valence-corrected chi connectivity index (χ1v) is 9.79. The summed E-state index contributed by atoms with van der Waals surface area (Å²) < 4.78 is 10.2. The van der Waals surface area contributed by atoms with Gasteiger partial charge >= 0.3 is 5.97 Å². The molecule has 3 aromatic carbocycles. The Morgan fingerprint density at radius 2 is 1.79 bits per heavy atom. The fourth-order valence-electron chi connectivity index (χ4n) is 2.62. The molecule has 0 saturated carbocycles. The average molecular weight is 395 g/mol. The van der Waals surface area contributed by atoms with Crippen LogP contribution in [0.25, 0.3) is 10.8 Å². The number of carbonyl (C=O) groups excluding carboxylic acids is 2. The Balaban J connectivity index is 1.40. The molecule has 0 bridgehead atoms. The van der Waals surface area contributed by atoms with Crippen molar-refractivity contribution in [2.45, 2.75) is 11.4 Å². The number of amides is 1. The Labute approximate surface area is 168 Å². The predicted molar refractivity (Wildman–Crippen MR) is 110 cm³/mol. The van der Waals surface area contributed by atoms with Crippen molar-refractivity contribution in [3.05, 3.63) is 72.3 Å². The maximum absolute atomic E-state index is 11.9. The molecule has 0 unspecified atom stereocenters. The minimum atomic E-state index is -0.422. The molecule has 1 N–H and O–H groups in total. The van der Waals surface area contributed by atoms with Crippen LogP contribution in [-0.2, 0) is 20.9 Å². The normalized spacial score (nSPS) is 10.5. The first kappa shape index (κ1) is 19.8. The van der Waals surface area contributed by atoms with Gasteiger partial charge in [-0.15, -0.1) is 11.8 Å². The zero-order valence-electron chi connectivity index (χ0n) is 15.5. The highest BCUT2D eigenvalue weighted by Gasteiger charge is 2.09. The first-order valence-electron chi connectivity index (χ1n) is 8.81. The number of methoxy groups -OCH3 is 1. The van der Waals surface area contributed by atoms with Crippen LogP contribution in [0.4, 0.5) is 0 Å². The molecule has 0 atom stereocenters. The SMILES string of the molecule is COc1cccc(CNC(=O)COC(=O)CSc2ccc3ccccc3c2)c1. The van der Waals surface area contributed by atoms with Crippen molar-refractivity contribution in [3.8, 4) is 5.75 Å². The topological polar surface area (TPSA) is 64.6 Å². The van der Waals surface area contributed by atoms with Gasteiger partial charge in [-0.2, -0.15) is 0 Å². The summed E-state index contributed by atoms with van der Waals surface area (Å²) in [7, 11) is 1.59. The van der Waals surface area contributed by atoms with E-state index >= 15 is 0 Å². The number of hydrogen-bond acceptors (Lipinski definition) is 5. The maximum atomic E-state index is 11.9. The van der Waals surface area contributed by atoms with Gasteiger partial charge in [-0.3, -0.25) is 9.59 Å². The number of ether oxygens (including phenoxy) is 2. The van der Waals surface area contributed by atoms with Crippen LogP contribution in [0.3, 0.4) is 0 Å². The van der Waals surface area contributed by atoms with Crippen molar-refractivity contribution in [3.63, 3.8) is 0 Å². The van der Waals surface area contributed by atoms with Gasteiger partial charge in [-0.05, 0) is 40.6 Å². The van der Waals surface area contributed by atoms with Gasteiger partial charge in [0, 0.05) is 11.4 Å². The lowest BCUT2D eigenvalue weighted by Gasteiger charge is -2.08. The fourth-order valence-corrected chi connectivity index (χ4v) is 3.36. The van der Waals surface area contributed by atoms with Gasteiger partial charge in [0.1, 0.15) is 5.75 Å². The zero-order valence-corrected chi connectivity index (χ0v) is 16.3. The van der Waals surface area contributed by atoms with Gasteiger partial charge in [0.2, 0.25) is 0 Å². The van der Waals surface area contributed by atoms with E-state index in [4.69, 9.17) is 9.47 Å². The van der Waals surface area contributed by atoms with Crippen LogP contribution in [0, 0.1) is 0 Å². The summed E-state index contributed by atoms with van der Waals surface area (Å²) in [6, 6.07) is 21.5. The number of benzene rings is 3. The van der Waals surface area contributed by atoms with E-state index in [0.717, 1.165) is 27.0 Å². The number of nitrogens with one attached hydrogen (secondary N) is 1. The Bertz CT molecular complexity index is 973. The summed E-state index contributed by atoms with van der Waals surface area (Å²) in [5.74, 6) is 0.118. The van der Waals surface area contributed by atoms with Crippen LogP contribution in [0.5, 0.6) is 5.75 Å². The van der Waals surface area contributed by atoms with Gasteiger partial charge in [-0.1, -0.05) is 42.5 Å². The molecule has 3 aromatic rings. The van der Waals surface area contributed by atoms with E-state index in [0.29, 0.717) is 6.54 Å². The highest BCUT2D eigenvalue weighted by molar-refractivity contribution is 8.00. The van der Waals surface area contributed by atoms with Crippen LogP contribution < -0.4 is 10.1 Å². The van der Waals surface area contributed by atoms with Crippen LogP contribution >= 0.6 is 11.8 Å². The second kappa shape index (κ2) is 9.80. The molecule has 1 amide bonds. The minimum Gasteiger partial charge on any atom is -0.497 e. The highest BCUT2D eigenvalue weighted by atomic mass is 32.2. The van der Waals surface area contributed by atoms with Gasteiger partial charge in [0.25, 0.3) is 5.91 Å². The van der Waals surface area contributed by atoms with Crippen LogP contribution in [-0.4, -0.2) is 31.3 Å². The highest BCUT2D eigenvalue weighted by Crippen LogP contribution is 2.23. The van der Waals surface area contributed by atoms with Crippen molar-refractivity contribution in [1.29, 1.82) is 0 Å². The number of rotatable bonds is 8. The minimum absolute atomic E-state index is 0.154. The molecule has 28 heavy (non-hydrogen) atoms. The molecule has 3 rings (SSSR count). The quantitative estimate of drug-likeness (QED) is 0.464. The molecule has 5 nitrogen and oxygen atoms in total. The summed E-state index contributed by atoms with van der Waals surface area (Å²) in [6.07, 6.45) is 0. The van der Waals surface area contributed by atoms with E-state index in [2.05, 4.69) is 5.32 Å². The van der Waals surface area contributed by atoms with E-state index in [-0.39, 0.29) is 18.3 Å². The molecule has 0 heterocycles. The van der Waals surface area contributed by atoms with Gasteiger partial charge in [-0.25, -0.2) is 0 Å². The number of hydrogen-bond donors (Lipinski definition) is 1. The largest absolute Gasteiger partial charge is 0.497 e. The second-order valence-corrected chi connectivity index (χ2v) is 7.14. The van der Waals surface area contributed by atoms with Crippen molar-refractivity contribution in [2.24, 2.45) is 0 Å². The molecule has 0 aromatic heterocycles. The third-order valence-corrected chi connectivity index (χ3v) is 5.03. The van der Waals surface area contributed by atoms with Crippen LogP contribution in [0.15, 0.2) is 71.6 Å². The second-order valence-electron chi connectivity index (χ2n) is 6.09. The summed E-state index contributed by atoms with van der Waals surface area (Å²) in [5, 5.41) is 5.00. The first-order chi connectivity index (χ1) is 13.6. The lowest BCUT2D eigenvalue weighted by Crippen LogP contribution is -2.28. The molecule has 0 aliphatic carbocycles. The number of carbonyl (C=O) groups is 2. The summed E-state index contributed by atoms with van der Waals surface area (Å²) in [4.78, 5) is 24.8. The molecular weight excluding hydrogens is 374 g/mol. The van der Waals surface area contributed by atoms with E-state index < -0.39 is 5.97 Å². The Morgan fingerprint density at radius 1 is 0.964 bits per heavy atom. The molecule has 0 fully saturated rings. The van der Waals surface area contributed by atoms with E-state index in [9.17, 15) is 9.59 Å². The van der Waals surface area contributed by atoms with E-state index in [1.807, 2.05) is 66.7 Å². The lowest BCUT2D eigenvalue weighted by atomic mass is 10.1. The van der Waals surface area contributed by atoms with Crippen molar-refractivity contribution < 1.29 is 19.1 Å². The smallest absolute Gasteiger partial charge is 0.316 e. The van der Waals surface area contributed by atoms with E-state index in [1.165, 1.54) is 11.8 Å². The molecular formula is C22H21NO4S. The number of thioether (sulfide) groups is 1. The van der Waals surface area contributed by atoms with E-state index in [1.54, 1.807) is 7.11 Å². The lowest BCUT2D eigenvalue weighted by molar-refractivity contribution is -0.145. The standard InChI is InChI=1S/C22H21NO4S/c1-26-19-8-4-5-16(11-19)13-23-21(24)14-27-22(25)15-28-20-10-9-17-6-2-3-7-18(17)12-20/h2-12H,13-15H2,1H3,(H,23,24). The summed E-state index contributed by atoms with van der Waals surface area (Å²) in [5.41, 5.74) is 0.908. The Morgan fingerprint density at radius 3 is 2.61 bits per heavy atom. The van der Waals surface area contributed by atoms with Crippen molar-refractivity contribution in [1.82, 2.24) is 5.32 Å². The predicted octanol–water partition coefficient (Wildman–Crippen LogP) is 3.80. The molecule has 0 radical (unpaired) electrons. The average Bonchev–Trinajstić information content (AvgIpc) is 2.74. The summed E-state index contributed by atoms with van der Waals surface area (Å²) in [6.45, 7) is 0.0561. The van der Waals surface area contributed by atoms with Gasteiger partial charge in [0.15, 0.2) is 6.61 Å². The molecule has 0 spiro atoms. The number of fused-ring (bicyclic) bond motifs is 1. The molecule has 0 aliphatic heterocycles. The van der Waals surface area contributed by atoms with Gasteiger partial charge in [0.05, 0.1) is 12.9 Å². The Kier molecular flexibility index (Phi) is 6.92. The fraction of sp³-hybridized carbons (Fsp3) is 0.182. The molecule has 0 aliphatic rings. The molecule has 144 valence electrons. The van der Waals surface area contributed by atoms with Crippen molar-refractivity contribution >= 4 is 34.4 Å². The maximum Gasteiger partial charge on any atom is 0.316 e. The van der Waals surface area contributed by atoms with Crippen molar-refractivity contribution in [2.75, 3.05) is 19.5 Å². The molecule has 6 heteroatoms. The van der Waals surface area contributed by atoms with Crippen LogP contribution in [0.2, 0.25) is 0 Å². The van der Waals surface area contributed by atoms with Gasteiger partial charge < -0.3 is 14.8 Å². The Hall–Kier alpha value is -2.99. The monoisotopic (exact) mass is 395 g/mol.